The number of anilines is 1. The normalized spacial score (nSPS) is 19.7. The average molecular weight is 221 g/mol. The van der Waals surface area contributed by atoms with Crippen molar-refractivity contribution in [2.45, 2.75) is 25.3 Å². The third-order valence-corrected chi connectivity index (χ3v) is 2.93. The highest BCUT2D eigenvalue weighted by Crippen LogP contribution is 2.12. The van der Waals surface area contributed by atoms with E-state index in [1.165, 1.54) is 19.4 Å². The summed E-state index contributed by atoms with van der Waals surface area (Å²) in [5.74, 6) is 1.71. The third kappa shape index (κ3) is 3.10. The summed E-state index contributed by atoms with van der Waals surface area (Å²) in [6, 6.07) is 4.55. The molecule has 88 valence electrons. The van der Waals surface area contributed by atoms with Gasteiger partial charge in [-0.2, -0.15) is 0 Å². The van der Waals surface area contributed by atoms with E-state index in [0.717, 1.165) is 24.5 Å². The quantitative estimate of drug-likeness (QED) is 0.793. The van der Waals surface area contributed by atoms with Gasteiger partial charge in [-0.1, -0.05) is 0 Å². The topological polar surface area (TPSA) is 46.2 Å². The number of hydrogen-bond acceptors (Lipinski definition) is 4. The van der Waals surface area contributed by atoms with Crippen LogP contribution < -0.4 is 15.4 Å². The summed E-state index contributed by atoms with van der Waals surface area (Å²) in [5, 5.41) is 6.80. The lowest BCUT2D eigenvalue weighted by Crippen LogP contribution is -2.24. The van der Waals surface area contributed by atoms with Gasteiger partial charge in [-0.05, 0) is 37.9 Å². The molecule has 1 fully saturated rings. The summed E-state index contributed by atoms with van der Waals surface area (Å²) >= 11 is 0. The van der Waals surface area contributed by atoms with Crippen LogP contribution in [0.4, 0.5) is 5.82 Å². The summed E-state index contributed by atoms with van der Waals surface area (Å²) in [7, 11) is 1.65. The van der Waals surface area contributed by atoms with Crippen molar-refractivity contribution >= 4 is 5.82 Å². The lowest BCUT2D eigenvalue weighted by atomic mass is 10.1. The first-order valence-corrected chi connectivity index (χ1v) is 5.86. The van der Waals surface area contributed by atoms with Crippen molar-refractivity contribution < 1.29 is 4.74 Å². The molecule has 1 aromatic heterocycles. The van der Waals surface area contributed by atoms with Crippen LogP contribution in [0.2, 0.25) is 0 Å². The maximum Gasteiger partial charge on any atom is 0.137 e. The smallest absolute Gasteiger partial charge is 0.137 e. The molecule has 1 atom stereocenters. The van der Waals surface area contributed by atoms with Gasteiger partial charge in [0.25, 0.3) is 0 Å². The van der Waals surface area contributed by atoms with Crippen molar-refractivity contribution in [3.8, 4) is 5.75 Å². The predicted molar refractivity (Wildman–Crippen MR) is 64.9 cm³/mol. The number of ether oxygens (including phenoxy) is 1. The number of nitrogens with zero attached hydrogens (tertiary/aromatic N) is 1. The van der Waals surface area contributed by atoms with Crippen LogP contribution in [0.25, 0.3) is 0 Å². The zero-order valence-corrected chi connectivity index (χ0v) is 9.70. The Morgan fingerprint density at radius 3 is 3.12 bits per heavy atom. The van der Waals surface area contributed by atoms with E-state index in [-0.39, 0.29) is 0 Å². The molecule has 0 bridgehead atoms. The van der Waals surface area contributed by atoms with Gasteiger partial charge in [0.15, 0.2) is 0 Å². The second-order valence-corrected chi connectivity index (χ2v) is 4.09. The van der Waals surface area contributed by atoms with Crippen LogP contribution in [0.5, 0.6) is 5.75 Å². The standard InChI is InChI=1S/C12H19N3O/c1-16-11-4-5-12(15-9-11)14-8-6-10-3-2-7-13-10/h4-5,9-10,13H,2-3,6-8H2,1H3,(H,14,15)/t10-/m1/s1. The SMILES string of the molecule is COc1ccc(NCC[C@H]2CCCN2)nc1. The van der Waals surface area contributed by atoms with Gasteiger partial charge in [0.05, 0.1) is 13.3 Å². The lowest BCUT2D eigenvalue weighted by molar-refractivity contribution is 0.413. The van der Waals surface area contributed by atoms with Crippen LogP contribution in [0, 0.1) is 0 Å². The van der Waals surface area contributed by atoms with Gasteiger partial charge in [0.2, 0.25) is 0 Å². The van der Waals surface area contributed by atoms with Crippen molar-refractivity contribution in [3.05, 3.63) is 18.3 Å². The van der Waals surface area contributed by atoms with Crippen molar-refractivity contribution in [2.75, 3.05) is 25.5 Å². The maximum atomic E-state index is 5.05. The Hall–Kier alpha value is -1.29. The Balaban J connectivity index is 1.71. The Bertz CT molecular complexity index is 307. The van der Waals surface area contributed by atoms with Crippen molar-refractivity contribution in [2.24, 2.45) is 0 Å². The molecule has 0 radical (unpaired) electrons. The second kappa shape index (κ2) is 5.70. The molecule has 0 spiro atoms. The Labute approximate surface area is 96.4 Å². The van der Waals surface area contributed by atoms with Gasteiger partial charge in [0.1, 0.15) is 11.6 Å². The van der Waals surface area contributed by atoms with Crippen LogP contribution in [0.3, 0.4) is 0 Å². The molecule has 2 N–H and O–H groups in total. The highest BCUT2D eigenvalue weighted by molar-refractivity contribution is 5.37. The highest BCUT2D eigenvalue weighted by Gasteiger charge is 2.12. The lowest BCUT2D eigenvalue weighted by Gasteiger charge is -2.11. The molecule has 0 unspecified atom stereocenters. The van der Waals surface area contributed by atoms with Crippen LogP contribution in [0.1, 0.15) is 19.3 Å². The fourth-order valence-electron chi connectivity index (χ4n) is 1.98. The van der Waals surface area contributed by atoms with E-state index in [9.17, 15) is 0 Å². The molecule has 0 amide bonds. The fraction of sp³-hybridized carbons (Fsp3) is 0.583. The summed E-state index contributed by atoms with van der Waals surface area (Å²) in [5.41, 5.74) is 0. The number of rotatable bonds is 5. The number of methoxy groups -OCH3 is 1. The van der Waals surface area contributed by atoms with Gasteiger partial charge in [-0.15, -0.1) is 0 Å². The minimum atomic E-state index is 0.686. The third-order valence-electron chi connectivity index (χ3n) is 2.93. The molecular formula is C12H19N3O. The van der Waals surface area contributed by atoms with Crippen LogP contribution in [0.15, 0.2) is 18.3 Å². The minimum absolute atomic E-state index is 0.686. The first-order chi connectivity index (χ1) is 7.88. The Kier molecular flexibility index (Phi) is 3.99. The van der Waals surface area contributed by atoms with E-state index in [2.05, 4.69) is 15.6 Å². The number of aromatic nitrogens is 1. The van der Waals surface area contributed by atoms with Gasteiger partial charge in [0, 0.05) is 12.6 Å². The van der Waals surface area contributed by atoms with E-state index in [4.69, 9.17) is 4.74 Å². The molecule has 0 aromatic carbocycles. The van der Waals surface area contributed by atoms with Crippen molar-refractivity contribution in [3.63, 3.8) is 0 Å². The molecule has 1 aromatic rings. The molecule has 16 heavy (non-hydrogen) atoms. The molecule has 1 saturated heterocycles. The summed E-state index contributed by atoms with van der Waals surface area (Å²) in [4.78, 5) is 4.26. The first-order valence-electron chi connectivity index (χ1n) is 5.86. The molecule has 4 nitrogen and oxygen atoms in total. The Morgan fingerprint density at radius 2 is 2.50 bits per heavy atom. The summed E-state index contributed by atoms with van der Waals surface area (Å²) in [6.07, 6.45) is 5.51. The molecule has 0 saturated carbocycles. The van der Waals surface area contributed by atoms with Gasteiger partial charge in [-0.25, -0.2) is 4.98 Å². The molecule has 1 aliphatic heterocycles. The number of nitrogens with one attached hydrogen (secondary N) is 2. The summed E-state index contributed by atoms with van der Waals surface area (Å²) < 4.78 is 5.05. The van der Waals surface area contributed by atoms with Crippen LogP contribution in [-0.4, -0.2) is 31.2 Å². The van der Waals surface area contributed by atoms with E-state index in [0.29, 0.717) is 6.04 Å². The van der Waals surface area contributed by atoms with Gasteiger partial charge >= 0.3 is 0 Å². The van der Waals surface area contributed by atoms with Crippen molar-refractivity contribution in [1.82, 2.24) is 10.3 Å². The van der Waals surface area contributed by atoms with E-state index in [1.54, 1.807) is 13.3 Å². The van der Waals surface area contributed by atoms with Crippen LogP contribution >= 0.6 is 0 Å². The molecule has 0 aliphatic carbocycles. The van der Waals surface area contributed by atoms with E-state index in [1.807, 2.05) is 12.1 Å². The zero-order valence-electron chi connectivity index (χ0n) is 9.70. The van der Waals surface area contributed by atoms with Crippen molar-refractivity contribution in [1.29, 1.82) is 0 Å². The van der Waals surface area contributed by atoms with Gasteiger partial charge < -0.3 is 15.4 Å². The predicted octanol–water partition coefficient (Wildman–Crippen LogP) is 1.64. The molecule has 2 heterocycles. The molecule has 1 aliphatic rings. The molecular weight excluding hydrogens is 202 g/mol. The van der Waals surface area contributed by atoms with E-state index >= 15 is 0 Å². The Morgan fingerprint density at radius 1 is 1.56 bits per heavy atom. The summed E-state index contributed by atoms with van der Waals surface area (Å²) in [6.45, 7) is 2.14. The number of hydrogen-bond donors (Lipinski definition) is 2. The molecule has 2 rings (SSSR count). The number of pyridine rings is 1. The zero-order chi connectivity index (χ0) is 11.2. The fourth-order valence-corrected chi connectivity index (χ4v) is 1.98. The first kappa shape index (κ1) is 11.2. The highest BCUT2D eigenvalue weighted by atomic mass is 16.5. The van der Waals surface area contributed by atoms with E-state index < -0.39 is 0 Å². The molecule has 4 heteroatoms. The van der Waals surface area contributed by atoms with Crippen LogP contribution in [-0.2, 0) is 0 Å². The second-order valence-electron chi connectivity index (χ2n) is 4.09. The van der Waals surface area contributed by atoms with Gasteiger partial charge in [-0.3, -0.25) is 0 Å². The largest absolute Gasteiger partial charge is 0.495 e. The minimum Gasteiger partial charge on any atom is -0.495 e. The monoisotopic (exact) mass is 221 g/mol. The average Bonchev–Trinajstić information content (AvgIpc) is 2.83. The maximum absolute atomic E-state index is 5.05.